The Morgan fingerprint density at radius 3 is 2.89 bits per heavy atom. The monoisotopic (exact) mass is 336 g/mol. The molecule has 0 radical (unpaired) electrons. The largest absolute Gasteiger partial charge is 0.321 e. The van der Waals surface area contributed by atoms with Crippen molar-refractivity contribution in [1.29, 1.82) is 0 Å². The zero-order chi connectivity index (χ0) is 13.2. The van der Waals surface area contributed by atoms with Gasteiger partial charge in [-0.25, -0.2) is 15.0 Å². The smallest absolute Gasteiger partial charge is 0.125 e. The quantitative estimate of drug-likeness (QED) is 0.688. The maximum Gasteiger partial charge on any atom is 0.125 e. The van der Waals surface area contributed by atoms with E-state index in [-0.39, 0.29) is 0 Å². The van der Waals surface area contributed by atoms with E-state index in [4.69, 9.17) is 11.6 Å². The average molecular weight is 338 g/mol. The summed E-state index contributed by atoms with van der Waals surface area (Å²) in [6, 6.07) is 7.88. The van der Waals surface area contributed by atoms with Gasteiger partial charge in [0.15, 0.2) is 0 Å². The van der Waals surface area contributed by atoms with E-state index in [9.17, 15) is 0 Å². The summed E-state index contributed by atoms with van der Waals surface area (Å²) in [5.74, 6) is 1.21. The second-order valence-corrected chi connectivity index (χ2v) is 5.26. The van der Waals surface area contributed by atoms with Crippen LogP contribution in [0.2, 0.25) is 0 Å². The molecule has 0 saturated heterocycles. The predicted octanol–water partition coefficient (Wildman–Crippen LogP) is 3.38. The number of benzene rings is 1. The zero-order valence-corrected chi connectivity index (χ0v) is 12.3. The zero-order valence-electron chi connectivity index (χ0n) is 9.92. The Kier molecular flexibility index (Phi) is 3.48. The van der Waals surface area contributed by atoms with Crippen molar-refractivity contribution in [2.24, 2.45) is 0 Å². The molecule has 2 heterocycles. The highest BCUT2D eigenvalue weighted by atomic mass is 79.9. The third-order valence-corrected chi connectivity index (χ3v) is 3.60. The minimum atomic E-state index is 0.372. The van der Waals surface area contributed by atoms with Crippen LogP contribution < -0.4 is 0 Å². The van der Waals surface area contributed by atoms with Gasteiger partial charge in [0.25, 0.3) is 0 Å². The highest BCUT2D eigenvalue weighted by molar-refractivity contribution is 9.10. The first-order valence-electron chi connectivity index (χ1n) is 5.73. The number of aromatic nitrogens is 4. The molecule has 0 atom stereocenters. The molecule has 0 bridgehead atoms. The van der Waals surface area contributed by atoms with Crippen LogP contribution in [0.5, 0.6) is 0 Å². The predicted molar refractivity (Wildman–Crippen MR) is 78.1 cm³/mol. The van der Waals surface area contributed by atoms with E-state index in [1.807, 2.05) is 24.3 Å². The fourth-order valence-corrected chi connectivity index (χ4v) is 2.55. The fraction of sp³-hybridized carbons (Fsp3) is 0.154. The number of imidazole rings is 1. The van der Waals surface area contributed by atoms with Gasteiger partial charge in [0.05, 0.1) is 29.2 Å². The average Bonchev–Trinajstić information content (AvgIpc) is 2.78. The molecular weight excluding hydrogens is 328 g/mol. The Labute approximate surface area is 123 Å². The van der Waals surface area contributed by atoms with E-state index >= 15 is 0 Å². The van der Waals surface area contributed by atoms with Crippen molar-refractivity contribution in [3.63, 3.8) is 0 Å². The lowest BCUT2D eigenvalue weighted by Crippen LogP contribution is -2.05. The first kappa shape index (κ1) is 12.6. The summed E-state index contributed by atoms with van der Waals surface area (Å²) in [7, 11) is 0. The molecule has 0 amide bonds. The Bertz CT molecular complexity index is 711. The van der Waals surface area contributed by atoms with Crippen LogP contribution in [-0.4, -0.2) is 19.5 Å². The van der Waals surface area contributed by atoms with Crippen molar-refractivity contribution < 1.29 is 0 Å². The van der Waals surface area contributed by atoms with Gasteiger partial charge in [-0.15, -0.1) is 11.6 Å². The topological polar surface area (TPSA) is 43.6 Å². The maximum absolute atomic E-state index is 5.98. The minimum Gasteiger partial charge on any atom is -0.321 e. The first-order valence-corrected chi connectivity index (χ1v) is 7.06. The minimum absolute atomic E-state index is 0.372. The summed E-state index contributed by atoms with van der Waals surface area (Å²) >= 11 is 9.47. The summed E-state index contributed by atoms with van der Waals surface area (Å²) in [5.41, 5.74) is 2.91. The summed E-state index contributed by atoms with van der Waals surface area (Å²) < 4.78 is 3.10. The lowest BCUT2D eigenvalue weighted by atomic mass is 10.3. The molecule has 4 nitrogen and oxygen atoms in total. The molecular formula is C13H10BrClN4. The fourth-order valence-electron chi connectivity index (χ4n) is 2.00. The summed E-state index contributed by atoms with van der Waals surface area (Å²) in [6.07, 6.45) is 3.28. The second-order valence-electron chi connectivity index (χ2n) is 4.08. The van der Waals surface area contributed by atoms with Crippen LogP contribution in [0.1, 0.15) is 11.5 Å². The molecule has 0 aliphatic heterocycles. The Balaban J connectivity index is 2.12. The van der Waals surface area contributed by atoms with E-state index in [0.717, 1.165) is 27.0 Å². The molecule has 0 N–H and O–H groups in total. The third-order valence-electron chi connectivity index (χ3n) is 2.87. The lowest BCUT2D eigenvalue weighted by molar-refractivity contribution is 0.754. The van der Waals surface area contributed by atoms with Gasteiger partial charge in [0.2, 0.25) is 0 Å². The van der Waals surface area contributed by atoms with Crippen LogP contribution in [0, 0.1) is 0 Å². The number of halogens is 2. The highest BCUT2D eigenvalue weighted by Gasteiger charge is 2.11. The molecule has 3 rings (SSSR count). The van der Waals surface area contributed by atoms with E-state index in [1.54, 1.807) is 12.5 Å². The van der Waals surface area contributed by atoms with Gasteiger partial charge in [-0.3, -0.25) is 0 Å². The van der Waals surface area contributed by atoms with Crippen LogP contribution in [-0.2, 0) is 12.4 Å². The number of fused-ring (bicyclic) bond motifs is 1. The lowest BCUT2D eigenvalue weighted by Gasteiger charge is -2.07. The molecule has 0 spiro atoms. The number of hydrogen-bond donors (Lipinski definition) is 0. The second kappa shape index (κ2) is 5.27. The van der Waals surface area contributed by atoms with Gasteiger partial charge in [0, 0.05) is 10.7 Å². The molecule has 1 aromatic carbocycles. The molecule has 0 aliphatic carbocycles. The molecule has 0 unspecified atom stereocenters. The molecule has 0 aliphatic rings. The van der Waals surface area contributed by atoms with Gasteiger partial charge in [0.1, 0.15) is 12.2 Å². The summed E-state index contributed by atoms with van der Waals surface area (Å²) in [6.45, 7) is 0.636. The van der Waals surface area contributed by atoms with E-state index in [0.29, 0.717) is 12.4 Å². The number of hydrogen-bond acceptors (Lipinski definition) is 3. The van der Waals surface area contributed by atoms with Crippen LogP contribution in [0.15, 0.2) is 41.3 Å². The number of rotatable bonds is 3. The Morgan fingerprint density at radius 2 is 2.16 bits per heavy atom. The van der Waals surface area contributed by atoms with Crippen molar-refractivity contribution in [1.82, 2.24) is 19.5 Å². The van der Waals surface area contributed by atoms with Crippen molar-refractivity contribution in [3.8, 4) is 0 Å². The van der Waals surface area contributed by atoms with Crippen molar-refractivity contribution >= 4 is 38.6 Å². The maximum atomic E-state index is 5.98. The van der Waals surface area contributed by atoms with Gasteiger partial charge in [-0.1, -0.05) is 15.9 Å². The number of nitrogens with zero attached hydrogens (tertiary/aromatic N) is 4. The van der Waals surface area contributed by atoms with E-state index < -0.39 is 0 Å². The van der Waals surface area contributed by atoms with Gasteiger partial charge in [-0.05, 0) is 24.3 Å². The molecule has 6 heteroatoms. The number of alkyl halides is 1. The Hall–Kier alpha value is -1.46. The van der Waals surface area contributed by atoms with Crippen LogP contribution in [0.3, 0.4) is 0 Å². The molecule has 3 aromatic rings. The third kappa shape index (κ3) is 2.48. The first-order chi connectivity index (χ1) is 9.28. The van der Waals surface area contributed by atoms with Gasteiger partial charge in [-0.2, -0.15) is 0 Å². The van der Waals surface area contributed by atoms with E-state index in [2.05, 4.69) is 35.4 Å². The normalized spacial score (nSPS) is 11.1. The molecule has 96 valence electrons. The van der Waals surface area contributed by atoms with Crippen LogP contribution in [0.25, 0.3) is 11.0 Å². The molecule has 0 fully saturated rings. The standard InChI is InChI=1S/C13H10BrClN4/c14-9-1-2-11-12(5-9)19(13(6-15)18-11)7-10-3-4-16-8-17-10/h1-5,8H,6-7H2. The van der Waals surface area contributed by atoms with Crippen LogP contribution in [0.4, 0.5) is 0 Å². The molecule has 2 aromatic heterocycles. The van der Waals surface area contributed by atoms with E-state index in [1.165, 1.54) is 0 Å². The molecule has 0 saturated carbocycles. The molecule has 19 heavy (non-hydrogen) atoms. The highest BCUT2D eigenvalue weighted by Crippen LogP contribution is 2.22. The van der Waals surface area contributed by atoms with Crippen molar-refractivity contribution in [3.05, 3.63) is 52.8 Å². The van der Waals surface area contributed by atoms with Gasteiger partial charge < -0.3 is 4.57 Å². The Morgan fingerprint density at radius 1 is 1.26 bits per heavy atom. The summed E-state index contributed by atoms with van der Waals surface area (Å²) in [5, 5.41) is 0. The van der Waals surface area contributed by atoms with Gasteiger partial charge >= 0.3 is 0 Å². The van der Waals surface area contributed by atoms with Crippen molar-refractivity contribution in [2.45, 2.75) is 12.4 Å². The summed E-state index contributed by atoms with van der Waals surface area (Å²) in [4.78, 5) is 12.7. The van der Waals surface area contributed by atoms with Crippen molar-refractivity contribution in [2.75, 3.05) is 0 Å². The SMILES string of the molecule is ClCc1nc2ccc(Br)cc2n1Cc1ccncn1. The van der Waals surface area contributed by atoms with Crippen LogP contribution >= 0.6 is 27.5 Å².